The van der Waals surface area contributed by atoms with Gasteiger partial charge in [-0.15, -0.1) is 0 Å². The molecule has 0 aromatic heterocycles. The number of benzene rings is 1. The molecular formula is C17H27N3O. The fraction of sp³-hybridized carbons (Fsp3) is 0.588. The zero-order valence-corrected chi connectivity index (χ0v) is 13.5. The Morgan fingerprint density at radius 1 is 1.38 bits per heavy atom. The number of nitrogens with two attached hydrogens (primary N) is 1. The number of nitrogens with zero attached hydrogens (tertiary/aromatic N) is 1. The van der Waals surface area contributed by atoms with Crippen LogP contribution in [-0.4, -0.2) is 24.0 Å². The fourth-order valence-corrected chi connectivity index (χ4v) is 2.84. The van der Waals surface area contributed by atoms with Crippen molar-refractivity contribution in [2.45, 2.75) is 58.2 Å². The Hall–Kier alpha value is -1.55. The third kappa shape index (κ3) is 3.76. The van der Waals surface area contributed by atoms with E-state index in [2.05, 4.69) is 22.3 Å². The molecule has 0 spiro atoms. The number of rotatable bonds is 2. The van der Waals surface area contributed by atoms with E-state index in [1.165, 1.54) is 0 Å². The number of nitrogens with one attached hydrogen (secondary N) is 1. The van der Waals surface area contributed by atoms with Gasteiger partial charge in [0.15, 0.2) is 0 Å². The first-order valence-corrected chi connectivity index (χ1v) is 7.73. The van der Waals surface area contributed by atoms with Crippen molar-refractivity contribution in [2.24, 2.45) is 5.73 Å². The van der Waals surface area contributed by atoms with Gasteiger partial charge in [0.05, 0.1) is 0 Å². The summed E-state index contributed by atoms with van der Waals surface area (Å²) in [5, 5.41) is 3.07. The molecule has 2 rings (SSSR count). The first-order chi connectivity index (χ1) is 9.79. The average Bonchev–Trinajstić information content (AvgIpc) is 2.56. The molecule has 2 unspecified atom stereocenters. The van der Waals surface area contributed by atoms with Crippen LogP contribution in [0.5, 0.6) is 0 Å². The monoisotopic (exact) mass is 289 g/mol. The van der Waals surface area contributed by atoms with Crippen molar-refractivity contribution in [3.05, 3.63) is 29.8 Å². The van der Waals surface area contributed by atoms with E-state index in [1.807, 2.05) is 39.8 Å². The number of hydrogen-bond donors (Lipinski definition) is 2. The molecule has 0 aliphatic carbocycles. The van der Waals surface area contributed by atoms with Gasteiger partial charge in [-0.3, -0.25) is 4.79 Å². The minimum atomic E-state index is -0.215. The average molecular weight is 289 g/mol. The van der Waals surface area contributed by atoms with E-state index < -0.39 is 0 Å². The van der Waals surface area contributed by atoms with E-state index in [-0.39, 0.29) is 23.5 Å². The summed E-state index contributed by atoms with van der Waals surface area (Å²) in [5.41, 5.74) is 8.28. The second-order valence-electron chi connectivity index (χ2n) is 6.92. The van der Waals surface area contributed by atoms with Gasteiger partial charge in [-0.2, -0.15) is 0 Å². The number of amides is 1. The van der Waals surface area contributed by atoms with Gasteiger partial charge in [0.1, 0.15) is 6.04 Å². The molecule has 4 nitrogen and oxygen atoms in total. The van der Waals surface area contributed by atoms with Crippen LogP contribution in [0.15, 0.2) is 24.3 Å². The molecule has 1 amide bonds. The van der Waals surface area contributed by atoms with Gasteiger partial charge in [-0.25, -0.2) is 0 Å². The minimum absolute atomic E-state index is 0.0593. The van der Waals surface area contributed by atoms with Crippen LogP contribution in [0.2, 0.25) is 0 Å². The number of fused-ring (bicyclic) bond motifs is 1. The van der Waals surface area contributed by atoms with Crippen molar-refractivity contribution in [1.82, 2.24) is 5.32 Å². The molecule has 21 heavy (non-hydrogen) atoms. The summed E-state index contributed by atoms with van der Waals surface area (Å²) in [6.45, 7) is 8.84. The summed E-state index contributed by atoms with van der Waals surface area (Å²) in [7, 11) is 0. The molecule has 1 aliphatic rings. The van der Waals surface area contributed by atoms with E-state index in [4.69, 9.17) is 5.73 Å². The second kappa shape index (κ2) is 6.06. The van der Waals surface area contributed by atoms with Crippen LogP contribution in [0.1, 0.15) is 52.1 Å². The van der Waals surface area contributed by atoms with Gasteiger partial charge in [0, 0.05) is 23.8 Å². The summed E-state index contributed by atoms with van der Waals surface area (Å²) in [6.07, 6.45) is 1.96. The fourth-order valence-electron chi connectivity index (χ4n) is 2.84. The molecule has 0 saturated heterocycles. The van der Waals surface area contributed by atoms with Crippen molar-refractivity contribution in [3.63, 3.8) is 0 Å². The van der Waals surface area contributed by atoms with Gasteiger partial charge in [0.2, 0.25) is 5.91 Å². The number of carbonyl (C=O) groups is 1. The van der Waals surface area contributed by atoms with Crippen molar-refractivity contribution in [1.29, 1.82) is 0 Å². The molecule has 0 bridgehead atoms. The van der Waals surface area contributed by atoms with E-state index in [0.29, 0.717) is 0 Å². The van der Waals surface area contributed by atoms with Crippen molar-refractivity contribution >= 4 is 11.6 Å². The van der Waals surface area contributed by atoms with E-state index in [9.17, 15) is 4.79 Å². The SMILES string of the molecule is CC(C(=O)NC(C)(C)C)N1CCCC(N)c2ccccc21. The van der Waals surface area contributed by atoms with Crippen LogP contribution >= 0.6 is 0 Å². The first kappa shape index (κ1) is 15.8. The van der Waals surface area contributed by atoms with E-state index in [0.717, 1.165) is 30.6 Å². The third-order valence-electron chi connectivity index (χ3n) is 3.90. The summed E-state index contributed by atoms with van der Waals surface area (Å²) in [6, 6.07) is 8.04. The maximum atomic E-state index is 12.5. The predicted molar refractivity (Wildman–Crippen MR) is 87.3 cm³/mol. The normalized spacial score (nSPS) is 20.4. The molecule has 1 heterocycles. The van der Waals surface area contributed by atoms with Crippen LogP contribution < -0.4 is 16.0 Å². The minimum Gasteiger partial charge on any atom is -0.360 e. The molecule has 4 heteroatoms. The standard InChI is InChI=1S/C17H27N3O/c1-12(16(21)19-17(2,3)4)20-11-7-9-14(18)13-8-5-6-10-15(13)20/h5-6,8,10,12,14H,7,9,11,18H2,1-4H3,(H,19,21). The van der Waals surface area contributed by atoms with Crippen LogP contribution in [-0.2, 0) is 4.79 Å². The number of hydrogen-bond acceptors (Lipinski definition) is 3. The quantitative estimate of drug-likeness (QED) is 0.880. The molecule has 0 saturated carbocycles. The van der Waals surface area contributed by atoms with Crippen LogP contribution in [0.3, 0.4) is 0 Å². The Balaban J connectivity index is 2.26. The van der Waals surface area contributed by atoms with Crippen LogP contribution in [0.4, 0.5) is 5.69 Å². The van der Waals surface area contributed by atoms with Gasteiger partial charge < -0.3 is 16.0 Å². The highest BCUT2D eigenvalue weighted by molar-refractivity contribution is 5.85. The number of anilines is 1. The maximum Gasteiger partial charge on any atom is 0.242 e. The summed E-state index contributed by atoms with van der Waals surface area (Å²) in [5.74, 6) is 0.0628. The molecule has 0 radical (unpaired) electrons. The maximum absolute atomic E-state index is 12.5. The predicted octanol–water partition coefficient (Wildman–Crippen LogP) is 2.59. The summed E-state index contributed by atoms with van der Waals surface area (Å²) < 4.78 is 0. The zero-order chi connectivity index (χ0) is 15.6. The lowest BCUT2D eigenvalue weighted by Crippen LogP contribution is -2.51. The van der Waals surface area contributed by atoms with Crippen molar-refractivity contribution in [3.8, 4) is 0 Å². The summed E-state index contributed by atoms with van der Waals surface area (Å²) >= 11 is 0. The largest absolute Gasteiger partial charge is 0.360 e. The van der Waals surface area contributed by atoms with Gasteiger partial charge >= 0.3 is 0 Å². The first-order valence-electron chi connectivity index (χ1n) is 7.73. The highest BCUT2D eigenvalue weighted by Crippen LogP contribution is 2.32. The molecule has 0 fully saturated rings. The smallest absolute Gasteiger partial charge is 0.242 e. The van der Waals surface area contributed by atoms with Crippen LogP contribution in [0.25, 0.3) is 0 Å². The third-order valence-corrected chi connectivity index (χ3v) is 3.90. The summed E-state index contributed by atoms with van der Waals surface area (Å²) in [4.78, 5) is 14.7. The van der Waals surface area contributed by atoms with Gasteiger partial charge in [0.25, 0.3) is 0 Å². The van der Waals surface area contributed by atoms with Gasteiger partial charge in [-0.05, 0) is 52.2 Å². The molecule has 1 aromatic carbocycles. The van der Waals surface area contributed by atoms with Crippen molar-refractivity contribution in [2.75, 3.05) is 11.4 Å². The topological polar surface area (TPSA) is 58.4 Å². The van der Waals surface area contributed by atoms with E-state index in [1.54, 1.807) is 0 Å². The molecular weight excluding hydrogens is 262 g/mol. The lowest BCUT2D eigenvalue weighted by atomic mass is 10.0. The molecule has 1 aromatic rings. The van der Waals surface area contributed by atoms with Crippen LogP contribution in [0, 0.1) is 0 Å². The molecule has 116 valence electrons. The lowest BCUT2D eigenvalue weighted by molar-refractivity contribution is -0.123. The molecule has 1 aliphatic heterocycles. The highest BCUT2D eigenvalue weighted by atomic mass is 16.2. The number of para-hydroxylation sites is 1. The Kier molecular flexibility index (Phi) is 4.57. The highest BCUT2D eigenvalue weighted by Gasteiger charge is 2.28. The van der Waals surface area contributed by atoms with Crippen molar-refractivity contribution < 1.29 is 4.79 Å². The molecule has 2 atom stereocenters. The Morgan fingerprint density at radius 2 is 2.05 bits per heavy atom. The molecule has 3 N–H and O–H groups in total. The zero-order valence-electron chi connectivity index (χ0n) is 13.5. The Bertz CT molecular complexity index is 507. The van der Waals surface area contributed by atoms with E-state index >= 15 is 0 Å². The van der Waals surface area contributed by atoms with Gasteiger partial charge in [-0.1, -0.05) is 18.2 Å². The number of carbonyl (C=O) groups excluding carboxylic acids is 1. The Labute approximate surface area is 127 Å². The second-order valence-corrected chi connectivity index (χ2v) is 6.92. The Morgan fingerprint density at radius 3 is 2.71 bits per heavy atom. The lowest BCUT2D eigenvalue weighted by Gasteiger charge is -2.33.